The van der Waals surface area contributed by atoms with Gasteiger partial charge in [-0.15, -0.1) is 0 Å². The van der Waals surface area contributed by atoms with Crippen molar-refractivity contribution in [2.24, 2.45) is 5.73 Å². The molecule has 1 aliphatic heterocycles. The van der Waals surface area contributed by atoms with Crippen LogP contribution in [-0.2, 0) is 11.2 Å². The molecule has 37 heavy (non-hydrogen) atoms. The maximum Gasteiger partial charge on any atom is 0.248 e. The third-order valence-electron chi connectivity index (χ3n) is 6.97. The number of likely N-dealkylation sites (N-methyl/N-ethyl adjacent to an activating group) is 2. The summed E-state index contributed by atoms with van der Waals surface area (Å²) in [5, 5.41) is 0.953. The summed E-state index contributed by atoms with van der Waals surface area (Å²) in [6, 6.07) is 21.0. The zero-order chi connectivity index (χ0) is 26.5. The number of anilines is 1. The number of nitrogens with zero attached hydrogens (tertiary/aromatic N) is 3. The number of nitrogens with two attached hydrogens (primary N) is 1. The molecule has 6 nitrogen and oxygen atoms in total. The number of halogens is 2. The van der Waals surface area contributed by atoms with Crippen LogP contribution in [0.25, 0.3) is 11.1 Å². The van der Waals surface area contributed by atoms with Gasteiger partial charge in [0.1, 0.15) is 0 Å². The summed E-state index contributed by atoms with van der Waals surface area (Å²) >= 11 is 12.2. The largest absolute Gasteiger partial charge is 0.366 e. The fraction of sp³-hybridized carbons (Fsp3) is 0.310. The number of carbonyl (C=O) groups excluding carboxylic acids is 2. The van der Waals surface area contributed by atoms with E-state index in [9.17, 15) is 9.59 Å². The first-order valence-corrected chi connectivity index (χ1v) is 13.1. The second kappa shape index (κ2) is 12.0. The number of rotatable bonds is 9. The predicted molar refractivity (Wildman–Crippen MR) is 151 cm³/mol. The Bertz CT molecular complexity index is 1260. The molecule has 3 aromatic rings. The molecule has 2 amide bonds. The Morgan fingerprint density at radius 3 is 2.27 bits per heavy atom. The van der Waals surface area contributed by atoms with Crippen LogP contribution in [0, 0.1) is 0 Å². The highest BCUT2D eigenvalue weighted by Gasteiger charge is 2.29. The van der Waals surface area contributed by atoms with Crippen molar-refractivity contribution in [3.05, 3.63) is 87.9 Å². The fourth-order valence-electron chi connectivity index (χ4n) is 4.74. The molecular weight excluding hydrogens is 507 g/mol. The van der Waals surface area contributed by atoms with Crippen molar-refractivity contribution in [1.82, 2.24) is 9.80 Å². The van der Waals surface area contributed by atoms with Gasteiger partial charge in [-0.2, -0.15) is 0 Å². The minimum absolute atomic E-state index is 0.0327. The SMILES string of the molecule is CN(CC(=O)N(C)C(Cc1ccc(-c2cccc(C(N)=O)c2)cc1)N1CCCC1)c1ccc(Cl)c(Cl)c1. The van der Waals surface area contributed by atoms with Gasteiger partial charge in [0.25, 0.3) is 0 Å². The normalized spacial score (nSPS) is 14.4. The van der Waals surface area contributed by atoms with E-state index in [1.54, 1.807) is 24.3 Å². The van der Waals surface area contributed by atoms with E-state index in [0.717, 1.165) is 54.7 Å². The molecule has 4 rings (SSSR count). The number of hydrogen-bond acceptors (Lipinski definition) is 4. The van der Waals surface area contributed by atoms with Crippen molar-refractivity contribution < 1.29 is 9.59 Å². The third-order valence-corrected chi connectivity index (χ3v) is 7.71. The Kier molecular flexibility index (Phi) is 8.75. The van der Waals surface area contributed by atoms with Gasteiger partial charge in [0.15, 0.2) is 0 Å². The van der Waals surface area contributed by atoms with E-state index in [2.05, 4.69) is 29.2 Å². The van der Waals surface area contributed by atoms with Gasteiger partial charge in [0, 0.05) is 44.9 Å². The second-order valence-corrected chi connectivity index (χ2v) is 10.3. The van der Waals surface area contributed by atoms with E-state index in [1.165, 1.54) is 0 Å². The number of likely N-dealkylation sites (tertiary alicyclic amines) is 1. The minimum atomic E-state index is -0.440. The van der Waals surface area contributed by atoms with Crippen LogP contribution in [0.1, 0.15) is 28.8 Å². The first-order chi connectivity index (χ1) is 17.7. The van der Waals surface area contributed by atoms with E-state index in [1.807, 2.05) is 42.1 Å². The fourth-order valence-corrected chi connectivity index (χ4v) is 5.03. The lowest BCUT2D eigenvalue weighted by atomic mass is 10.00. The summed E-state index contributed by atoms with van der Waals surface area (Å²) in [5.74, 6) is -0.408. The third kappa shape index (κ3) is 6.63. The van der Waals surface area contributed by atoms with Crippen molar-refractivity contribution in [3.63, 3.8) is 0 Å². The van der Waals surface area contributed by atoms with E-state index < -0.39 is 5.91 Å². The van der Waals surface area contributed by atoms with Gasteiger partial charge >= 0.3 is 0 Å². The smallest absolute Gasteiger partial charge is 0.248 e. The Hall–Kier alpha value is -3.06. The summed E-state index contributed by atoms with van der Waals surface area (Å²) < 4.78 is 0. The van der Waals surface area contributed by atoms with Crippen LogP contribution in [0.3, 0.4) is 0 Å². The average Bonchev–Trinajstić information content (AvgIpc) is 3.43. The zero-order valence-corrected chi connectivity index (χ0v) is 22.7. The Labute approximate surface area is 228 Å². The van der Waals surface area contributed by atoms with E-state index in [-0.39, 0.29) is 18.6 Å². The van der Waals surface area contributed by atoms with Gasteiger partial charge in [0.2, 0.25) is 11.8 Å². The lowest BCUT2D eigenvalue weighted by Crippen LogP contribution is -2.51. The molecule has 3 aromatic carbocycles. The van der Waals surface area contributed by atoms with Crippen LogP contribution in [0.15, 0.2) is 66.7 Å². The predicted octanol–water partition coefficient (Wildman–Crippen LogP) is 5.32. The standard InChI is InChI=1S/C29H32Cl2N4O2/c1-33(24-12-13-25(30)26(31)18-24)19-28(36)34(2)27(35-14-3-4-15-35)16-20-8-10-21(11-9-20)22-6-5-7-23(17-22)29(32)37/h5-13,17-18,27H,3-4,14-16,19H2,1-2H3,(H2,32,37). The molecule has 0 saturated carbocycles. The van der Waals surface area contributed by atoms with Crippen molar-refractivity contribution in [3.8, 4) is 11.1 Å². The molecule has 0 bridgehead atoms. The molecule has 8 heteroatoms. The number of primary amides is 1. The maximum absolute atomic E-state index is 13.4. The van der Waals surface area contributed by atoms with Crippen LogP contribution >= 0.6 is 23.2 Å². The lowest BCUT2D eigenvalue weighted by molar-refractivity contribution is -0.133. The molecule has 1 aliphatic rings. The highest BCUT2D eigenvalue weighted by atomic mass is 35.5. The van der Waals surface area contributed by atoms with Gasteiger partial charge in [-0.25, -0.2) is 0 Å². The first-order valence-electron chi connectivity index (χ1n) is 12.4. The summed E-state index contributed by atoms with van der Waals surface area (Å²) in [7, 11) is 3.76. The molecule has 2 N–H and O–H groups in total. The van der Waals surface area contributed by atoms with Crippen LogP contribution in [0.5, 0.6) is 0 Å². The van der Waals surface area contributed by atoms with Gasteiger partial charge in [0.05, 0.1) is 22.8 Å². The summed E-state index contributed by atoms with van der Waals surface area (Å²) in [5.41, 5.74) is 9.86. The van der Waals surface area contributed by atoms with E-state index >= 15 is 0 Å². The molecule has 0 aliphatic carbocycles. The number of hydrogen-bond donors (Lipinski definition) is 1. The van der Waals surface area contributed by atoms with Crippen molar-refractivity contribution >= 4 is 40.7 Å². The number of carbonyl (C=O) groups is 2. The molecule has 1 heterocycles. The molecule has 194 valence electrons. The molecular formula is C29H32Cl2N4O2. The first kappa shape index (κ1) is 27.0. The molecule has 1 saturated heterocycles. The van der Waals surface area contributed by atoms with Gasteiger partial charge in [-0.3, -0.25) is 14.5 Å². The van der Waals surface area contributed by atoms with Gasteiger partial charge in [-0.1, -0.05) is 59.6 Å². The molecule has 0 radical (unpaired) electrons. The lowest BCUT2D eigenvalue weighted by Gasteiger charge is -2.36. The van der Waals surface area contributed by atoms with Gasteiger partial charge < -0.3 is 15.5 Å². The molecule has 0 aromatic heterocycles. The quantitative estimate of drug-likeness (QED) is 0.400. The van der Waals surface area contributed by atoms with Crippen molar-refractivity contribution in [1.29, 1.82) is 0 Å². The summed E-state index contributed by atoms with van der Waals surface area (Å²) in [6.07, 6.45) is 2.95. The minimum Gasteiger partial charge on any atom is -0.366 e. The monoisotopic (exact) mass is 538 g/mol. The second-order valence-electron chi connectivity index (χ2n) is 9.53. The van der Waals surface area contributed by atoms with Crippen LogP contribution in [0.2, 0.25) is 10.0 Å². The molecule has 1 unspecified atom stereocenters. The van der Waals surface area contributed by atoms with Crippen molar-refractivity contribution in [2.45, 2.75) is 25.4 Å². The molecule has 1 fully saturated rings. The van der Waals surface area contributed by atoms with Crippen LogP contribution < -0.4 is 10.6 Å². The van der Waals surface area contributed by atoms with Crippen LogP contribution in [-0.4, -0.2) is 61.5 Å². The average molecular weight is 540 g/mol. The summed E-state index contributed by atoms with van der Waals surface area (Å²) in [4.78, 5) is 31.0. The van der Waals surface area contributed by atoms with Crippen molar-refractivity contribution in [2.75, 3.05) is 38.6 Å². The number of amides is 2. The molecule has 1 atom stereocenters. The maximum atomic E-state index is 13.4. The topological polar surface area (TPSA) is 69.9 Å². The Morgan fingerprint density at radius 2 is 1.62 bits per heavy atom. The number of benzene rings is 3. The van der Waals surface area contributed by atoms with Gasteiger partial charge in [-0.05, 0) is 59.9 Å². The Balaban J connectivity index is 1.48. The van der Waals surface area contributed by atoms with E-state index in [0.29, 0.717) is 15.6 Å². The molecule has 0 spiro atoms. The van der Waals surface area contributed by atoms with E-state index in [4.69, 9.17) is 28.9 Å². The zero-order valence-electron chi connectivity index (χ0n) is 21.2. The summed E-state index contributed by atoms with van der Waals surface area (Å²) in [6.45, 7) is 2.18. The highest BCUT2D eigenvalue weighted by Crippen LogP contribution is 2.27. The highest BCUT2D eigenvalue weighted by molar-refractivity contribution is 6.42. The van der Waals surface area contributed by atoms with Crippen LogP contribution in [0.4, 0.5) is 5.69 Å². The Morgan fingerprint density at radius 1 is 0.919 bits per heavy atom.